The van der Waals surface area contributed by atoms with Crippen molar-refractivity contribution in [1.82, 2.24) is 0 Å². The molecule has 0 aromatic carbocycles. The number of rotatable bonds is 44. The molecule has 0 aromatic rings. The Morgan fingerprint density at radius 3 is 0.915 bits per heavy atom. The minimum atomic E-state index is -3.94. The Morgan fingerprint density at radius 2 is 0.610 bits per heavy atom. The van der Waals surface area contributed by atoms with Crippen molar-refractivity contribution < 1.29 is 17.1 Å². The molecule has 0 aliphatic rings. The first kappa shape index (κ1) is 58.5. The van der Waals surface area contributed by atoms with Crippen LogP contribution in [0.2, 0.25) is 17.7 Å². The summed E-state index contributed by atoms with van der Waals surface area (Å²) in [5, 5.41) is 0. The van der Waals surface area contributed by atoms with Gasteiger partial charge in [0.25, 0.3) is 0 Å². The van der Waals surface area contributed by atoms with Crippen LogP contribution in [-0.2, 0) is 17.1 Å². The molecule has 0 atom stereocenters. The molecule has 0 saturated heterocycles. The van der Waals surface area contributed by atoms with Crippen molar-refractivity contribution in [3.05, 3.63) is 48.6 Å². The Bertz CT molecular complexity index is 969. The van der Waals surface area contributed by atoms with Gasteiger partial charge in [-0.1, -0.05) is 63.8 Å². The summed E-state index contributed by atoms with van der Waals surface area (Å²) >= 11 is -7.88. The molecule has 0 aliphatic carbocycles. The molecule has 0 bridgehead atoms. The molecule has 7 heteroatoms. The average Bonchev–Trinajstić information content (AvgIpc) is 3.23. The third-order valence-electron chi connectivity index (χ3n) is 11.3. The molecule has 0 rings (SSSR count). The minimum absolute atomic E-state index is 0.0543. The van der Waals surface area contributed by atoms with Crippen LogP contribution in [0.5, 0.6) is 0 Å². The third-order valence-corrected chi connectivity index (χ3v) is 43.8. The fourth-order valence-electron chi connectivity index (χ4n) is 7.50. The summed E-state index contributed by atoms with van der Waals surface area (Å²) in [7, 11) is 0. The van der Waals surface area contributed by atoms with Crippen LogP contribution in [0.15, 0.2) is 48.6 Å². The standard InChI is InChI=1S/2C18H32O2.4C4H9.O.2Sn/c2*1-2-3-4-5-6-7-8-9-10-11-12-13-14-15-16-17-18(19)20;4*1-3-4-2;;;/h2*6-7,9-10H,2-5,8,11-17H2,1H3,(H,19,20);4*1,3-4H2,2H3;;;/q;;;;;;;2*+1/p-2/b2*7-6-,10-9-;;;;;;;. The number of hydrogen-bond acceptors (Lipinski definition) is 5. The van der Waals surface area contributed by atoms with E-state index in [2.05, 4.69) is 90.2 Å². The second-order valence-corrected chi connectivity index (χ2v) is 39.0. The molecule has 0 aliphatic heterocycles. The van der Waals surface area contributed by atoms with Gasteiger partial charge in [0.2, 0.25) is 0 Å². The van der Waals surface area contributed by atoms with E-state index < -0.39 is 38.4 Å². The molecule has 0 spiro atoms. The molecule has 59 heavy (non-hydrogen) atoms. The molecule has 0 aromatic heterocycles. The Hall–Kier alpha value is -0.543. The van der Waals surface area contributed by atoms with Crippen LogP contribution in [-0.4, -0.2) is 50.3 Å². The molecule has 0 heterocycles. The Morgan fingerprint density at radius 1 is 0.339 bits per heavy atom. The normalized spacial score (nSPS) is 12.6. The van der Waals surface area contributed by atoms with Gasteiger partial charge in [0, 0.05) is 0 Å². The van der Waals surface area contributed by atoms with Crippen LogP contribution in [0.3, 0.4) is 0 Å². The van der Waals surface area contributed by atoms with Gasteiger partial charge >= 0.3 is 291 Å². The summed E-state index contributed by atoms with van der Waals surface area (Å²) in [6.45, 7) is 13.4. The molecule has 0 N–H and O–H groups in total. The fourth-order valence-corrected chi connectivity index (χ4v) is 49.0. The zero-order valence-electron chi connectivity index (χ0n) is 40.1. The molecular formula is C52H98O5Sn2. The summed E-state index contributed by atoms with van der Waals surface area (Å²) < 4.78 is 24.6. The van der Waals surface area contributed by atoms with E-state index in [1.165, 1.54) is 77.0 Å². The summed E-state index contributed by atoms with van der Waals surface area (Å²) in [6, 6.07) is 0. The van der Waals surface area contributed by atoms with Gasteiger partial charge in [0.05, 0.1) is 0 Å². The number of hydrogen-bond donors (Lipinski definition) is 0. The van der Waals surface area contributed by atoms with Crippen molar-refractivity contribution in [3.63, 3.8) is 0 Å². The predicted molar refractivity (Wildman–Crippen MR) is 262 cm³/mol. The van der Waals surface area contributed by atoms with Crippen molar-refractivity contribution in [2.75, 3.05) is 0 Å². The molecule has 0 unspecified atom stereocenters. The first-order valence-corrected chi connectivity index (χ1v) is 38.3. The number of carbonyl (C=O) groups excluding carboxylic acids is 2. The van der Waals surface area contributed by atoms with E-state index in [4.69, 9.17) is 7.56 Å². The van der Waals surface area contributed by atoms with E-state index in [0.29, 0.717) is 12.8 Å². The molecule has 0 amide bonds. The first-order chi connectivity index (χ1) is 28.9. The minimum Gasteiger partial charge on any atom is -0.0882 e. The van der Waals surface area contributed by atoms with E-state index in [1.807, 2.05) is 0 Å². The first-order valence-electron chi connectivity index (χ1n) is 25.6. The third kappa shape index (κ3) is 36.6. The Labute approximate surface area is 378 Å². The van der Waals surface area contributed by atoms with E-state index >= 15 is 0 Å². The van der Waals surface area contributed by atoms with E-state index in [1.54, 1.807) is 0 Å². The van der Waals surface area contributed by atoms with Crippen LogP contribution >= 0.6 is 0 Å². The summed E-state index contributed by atoms with van der Waals surface area (Å²) in [5.74, 6) is -0.109. The van der Waals surface area contributed by atoms with Gasteiger partial charge in [-0.05, 0) is 25.7 Å². The Kier molecular flexibility index (Phi) is 43.7. The van der Waals surface area contributed by atoms with Crippen LogP contribution in [0.25, 0.3) is 0 Å². The van der Waals surface area contributed by atoms with Crippen molar-refractivity contribution in [2.45, 2.75) is 265 Å². The molecule has 5 nitrogen and oxygen atoms in total. The summed E-state index contributed by atoms with van der Waals surface area (Å²) in [4.78, 5) is 27.3. The summed E-state index contributed by atoms with van der Waals surface area (Å²) in [6.07, 6.45) is 53.4. The fraction of sp³-hybridized carbons (Fsp3) is 0.808. The van der Waals surface area contributed by atoms with Gasteiger partial charge in [0.15, 0.2) is 0 Å². The molecule has 0 radical (unpaired) electrons. The number of carbonyl (C=O) groups is 2. The number of unbranched alkanes of at least 4 members (excludes halogenated alkanes) is 20. The SMILES string of the molecule is CCCCC/C=C\C/C=C\CCCCCCCC(=O)[O][Sn]([CH2]CCC)([CH2]CCC)[O][Sn]([CH2]CCC)([CH2]CCC)[O]C(=O)CCCCCCC/C=C\C/C=C\CCCCC. The predicted octanol–water partition coefficient (Wildman–Crippen LogP) is 17.8. The van der Waals surface area contributed by atoms with Crippen molar-refractivity contribution in [3.8, 4) is 0 Å². The average molecular weight is 1040 g/mol. The second-order valence-electron chi connectivity index (χ2n) is 17.2. The van der Waals surface area contributed by atoms with Gasteiger partial charge in [-0.2, -0.15) is 0 Å². The van der Waals surface area contributed by atoms with Gasteiger partial charge in [-0.3, -0.25) is 0 Å². The zero-order chi connectivity index (χ0) is 43.4. The monoisotopic (exact) mass is 1040 g/mol. The van der Waals surface area contributed by atoms with Crippen LogP contribution < -0.4 is 0 Å². The zero-order valence-corrected chi connectivity index (χ0v) is 45.8. The second kappa shape index (κ2) is 44.1. The van der Waals surface area contributed by atoms with Crippen LogP contribution in [0.1, 0.15) is 247 Å². The molecular weight excluding hydrogens is 942 g/mol. The summed E-state index contributed by atoms with van der Waals surface area (Å²) in [5.41, 5.74) is 0. The van der Waals surface area contributed by atoms with Gasteiger partial charge in [-0.25, -0.2) is 0 Å². The number of allylic oxidation sites excluding steroid dienone is 8. The van der Waals surface area contributed by atoms with E-state index in [-0.39, 0.29) is 11.9 Å². The van der Waals surface area contributed by atoms with Crippen molar-refractivity contribution >= 4 is 50.3 Å². The van der Waals surface area contributed by atoms with Gasteiger partial charge in [-0.15, -0.1) is 0 Å². The van der Waals surface area contributed by atoms with Gasteiger partial charge < -0.3 is 0 Å². The van der Waals surface area contributed by atoms with Crippen LogP contribution in [0.4, 0.5) is 0 Å². The molecule has 0 fully saturated rings. The molecule has 0 saturated carbocycles. The quantitative estimate of drug-likeness (QED) is 0.0346. The smallest absolute Gasteiger partial charge is 0.0882 e. The maximum absolute atomic E-state index is 13.7. The van der Waals surface area contributed by atoms with E-state index in [9.17, 15) is 9.59 Å². The topological polar surface area (TPSA) is 61.8 Å². The van der Waals surface area contributed by atoms with Crippen molar-refractivity contribution in [2.24, 2.45) is 0 Å². The Balaban J connectivity index is 5.21. The van der Waals surface area contributed by atoms with Gasteiger partial charge in [0.1, 0.15) is 0 Å². The van der Waals surface area contributed by atoms with Crippen molar-refractivity contribution in [1.29, 1.82) is 0 Å². The molecule has 344 valence electrons. The van der Waals surface area contributed by atoms with Crippen LogP contribution in [0, 0.1) is 0 Å². The van der Waals surface area contributed by atoms with E-state index in [0.717, 1.165) is 133 Å². The maximum atomic E-state index is 13.7.